The van der Waals surface area contributed by atoms with Gasteiger partial charge >= 0.3 is 12.9 Å². The topological polar surface area (TPSA) is 113 Å². The Balaban J connectivity index is 1.16. The Kier molecular flexibility index (Phi) is 11.2. The molecule has 3 fully saturated rings. The number of hydrogen-bond donors (Lipinski definition) is 3. The van der Waals surface area contributed by atoms with Gasteiger partial charge in [-0.2, -0.15) is 13.2 Å². The van der Waals surface area contributed by atoms with E-state index in [0.29, 0.717) is 21.5 Å². The molecule has 1 amide bonds. The molecule has 3 aliphatic rings. The summed E-state index contributed by atoms with van der Waals surface area (Å²) in [6.07, 6.45) is 0.697. The molecule has 0 radical (unpaired) electrons. The molecule has 1 aliphatic carbocycles. The normalized spacial score (nSPS) is 20.3. The fourth-order valence-corrected chi connectivity index (χ4v) is 9.61. The van der Waals surface area contributed by atoms with Crippen molar-refractivity contribution in [3.8, 4) is 17.6 Å². The molecule has 278 valence electrons. The van der Waals surface area contributed by atoms with Crippen LogP contribution in [0.3, 0.4) is 0 Å². The maximum Gasteiger partial charge on any atom is 0.393 e. The number of carbonyl (C=O) groups excluding carboxylic acids is 1. The number of rotatable bonds is 10. The van der Waals surface area contributed by atoms with Crippen molar-refractivity contribution in [1.29, 1.82) is 0 Å². The number of sulfonamides is 1. The van der Waals surface area contributed by atoms with Gasteiger partial charge in [-0.15, -0.1) is 11.3 Å². The van der Waals surface area contributed by atoms with E-state index < -0.39 is 46.0 Å². The number of benzene rings is 2. The minimum absolute atomic E-state index is 0.0394. The zero-order chi connectivity index (χ0) is 37.1. The van der Waals surface area contributed by atoms with E-state index >= 15 is 0 Å². The summed E-state index contributed by atoms with van der Waals surface area (Å²) in [7, 11) is -4.56. The molecule has 3 heterocycles. The largest absolute Gasteiger partial charge is 0.424 e. The van der Waals surface area contributed by atoms with E-state index in [9.17, 15) is 30.8 Å². The molecule has 3 aromatic rings. The molecule has 52 heavy (non-hydrogen) atoms. The van der Waals surface area contributed by atoms with Gasteiger partial charge in [-0.3, -0.25) is 14.5 Å². The Labute approximate surface area is 304 Å². The van der Waals surface area contributed by atoms with Crippen molar-refractivity contribution in [2.45, 2.75) is 75.0 Å². The molecule has 0 atom stereocenters. The van der Waals surface area contributed by atoms with Gasteiger partial charge in [-0.1, -0.05) is 24.0 Å². The number of thiophene rings is 1. The summed E-state index contributed by atoms with van der Waals surface area (Å²) in [5, 5.41) is 6.89. The van der Waals surface area contributed by atoms with Crippen molar-refractivity contribution in [3.63, 3.8) is 0 Å². The van der Waals surface area contributed by atoms with Crippen molar-refractivity contribution < 1.29 is 40.2 Å². The van der Waals surface area contributed by atoms with Crippen LogP contribution in [0, 0.1) is 29.6 Å². The number of alkyl halides is 3. The third-order valence-electron chi connectivity index (χ3n) is 9.85. The van der Waals surface area contributed by atoms with Crippen molar-refractivity contribution in [2.24, 2.45) is 5.41 Å². The Hall–Kier alpha value is -4.09. The van der Waals surface area contributed by atoms with E-state index in [-0.39, 0.29) is 34.5 Å². The second-order valence-corrected chi connectivity index (χ2v) is 16.2. The molecular formula is C36H39F4N5O5S2. The molecule has 1 aromatic heterocycles. The second-order valence-electron chi connectivity index (χ2n) is 13.6. The van der Waals surface area contributed by atoms with E-state index in [1.807, 2.05) is 6.07 Å². The van der Waals surface area contributed by atoms with Crippen LogP contribution in [0.15, 0.2) is 35.2 Å². The number of nitrogens with zero attached hydrogens (tertiary/aromatic N) is 2. The van der Waals surface area contributed by atoms with Crippen LogP contribution in [0.4, 0.5) is 28.9 Å². The number of ether oxygens (including phenoxy) is 2. The maximum absolute atomic E-state index is 14.9. The van der Waals surface area contributed by atoms with Gasteiger partial charge in [-0.25, -0.2) is 24.1 Å². The number of fused-ring (bicyclic) bond motifs is 1. The molecule has 2 saturated heterocycles. The number of carbonyl (C=O) groups is 1. The fourth-order valence-electron chi connectivity index (χ4n) is 7.37. The third kappa shape index (κ3) is 8.74. The second kappa shape index (κ2) is 15.5. The monoisotopic (exact) mass is 761 g/mol. The molecule has 1 saturated carbocycles. The number of likely N-dealkylation sites (tertiary alicyclic amines) is 1. The zero-order valence-corrected chi connectivity index (χ0v) is 30.1. The number of anilines is 2. The maximum atomic E-state index is 14.9. The first-order valence-electron chi connectivity index (χ1n) is 17.0. The third-order valence-corrected chi connectivity index (χ3v) is 12.5. The molecule has 16 heteroatoms. The van der Waals surface area contributed by atoms with Gasteiger partial charge in [0.1, 0.15) is 10.7 Å². The van der Waals surface area contributed by atoms with Gasteiger partial charge in [0.15, 0.2) is 5.75 Å². The van der Waals surface area contributed by atoms with Gasteiger partial charge in [0.05, 0.1) is 33.9 Å². The number of hydrogen-bond acceptors (Lipinski definition) is 9. The van der Waals surface area contributed by atoms with E-state index in [2.05, 4.69) is 32.2 Å². The molecule has 1 spiro atoms. The Morgan fingerprint density at radius 1 is 1.15 bits per heavy atom. The van der Waals surface area contributed by atoms with E-state index in [0.717, 1.165) is 89.6 Å². The lowest BCUT2D eigenvalue weighted by atomic mass is 9.71. The van der Waals surface area contributed by atoms with Crippen molar-refractivity contribution >= 4 is 48.7 Å². The highest BCUT2D eigenvalue weighted by Gasteiger charge is 2.46. The van der Waals surface area contributed by atoms with Gasteiger partial charge in [-0.05, 0) is 55.5 Å². The van der Waals surface area contributed by atoms with E-state index in [1.54, 1.807) is 16.9 Å². The zero-order valence-electron chi connectivity index (χ0n) is 28.5. The fraction of sp³-hybridized carbons (Fsp3) is 0.500. The van der Waals surface area contributed by atoms with E-state index in [4.69, 9.17) is 16.0 Å². The summed E-state index contributed by atoms with van der Waals surface area (Å²) >= 11 is 1.18. The van der Waals surface area contributed by atoms with Crippen LogP contribution in [0.1, 0.15) is 55.9 Å². The summed E-state index contributed by atoms with van der Waals surface area (Å²) < 4.78 is 94.4. The lowest BCUT2D eigenvalue weighted by Crippen LogP contribution is -2.62. The minimum Gasteiger partial charge on any atom is -0.424 e. The molecule has 0 bridgehead atoms. The van der Waals surface area contributed by atoms with Crippen LogP contribution in [-0.4, -0.2) is 77.1 Å². The Morgan fingerprint density at radius 3 is 2.56 bits per heavy atom. The number of amides is 1. The highest BCUT2D eigenvalue weighted by atomic mass is 32.2. The summed E-state index contributed by atoms with van der Waals surface area (Å²) in [6.45, 7) is 11.2. The van der Waals surface area contributed by atoms with Crippen LogP contribution in [0.5, 0.6) is 5.75 Å². The van der Waals surface area contributed by atoms with Gasteiger partial charge < -0.3 is 20.1 Å². The van der Waals surface area contributed by atoms with Crippen LogP contribution >= 0.6 is 11.3 Å². The van der Waals surface area contributed by atoms with Crippen LogP contribution in [0.25, 0.3) is 14.9 Å². The summed E-state index contributed by atoms with van der Waals surface area (Å²) in [4.78, 5) is 16.4. The quantitative estimate of drug-likeness (QED) is 0.122. The first-order chi connectivity index (χ1) is 24.8. The molecule has 10 nitrogen and oxygen atoms in total. The van der Waals surface area contributed by atoms with Crippen molar-refractivity contribution in [3.05, 3.63) is 58.0 Å². The smallest absolute Gasteiger partial charge is 0.393 e. The summed E-state index contributed by atoms with van der Waals surface area (Å²) in [5.41, 5.74) is 1.24. The summed E-state index contributed by atoms with van der Waals surface area (Å²) in [6, 6.07) is 7.73. The number of halogens is 4. The predicted molar refractivity (Wildman–Crippen MR) is 190 cm³/mol. The molecule has 2 aliphatic heterocycles. The Morgan fingerprint density at radius 2 is 1.88 bits per heavy atom. The first kappa shape index (κ1) is 37.7. The number of nitrogens with one attached hydrogen (secondary N) is 3. The standard InChI is InChI=1S/C36H39F4N5O5S2/c1-23(46)44-52(47,48)33-18-31(50-22-41-2)30(17-28(33)37)42-14-4-7-32-27(19-36(38,39)40)26-5-3-6-29(34(26)51-32)43-24-8-10-25(11-9-24)45-20-35(21-45)12-15-49-16-13-35/h3,5-6,17-18,24-25,42-43H,8-16,19-22H2,1H3,(H,44,46). The van der Waals surface area contributed by atoms with Crippen molar-refractivity contribution in [1.82, 2.24) is 9.62 Å². The lowest BCUT2D eigenvalue weighted by molar-refractivity contribution is -0.127. The average Bonchev–Trinajstić information content (AvgIpc) is 3.41. The molecule has 2 aromatic carbocycles. The molecule has 6 rings (SSSR count). The minimum atomic E-state index is -4.56. The van der Waals surface area contributed by atoms with Gasteiger partial charge in [0.25, 0.3) is 10.0 Å². The van der Waals surface area contributed by atoms with Gasteiger partial charge in [0.2, 0.25) is 5.91 Å². The molecular weight excluding hydrogens is 723 g/mol. The predicted octanol–water partition coefficient (Wildman–Crippen LogP) is 6.52. The van der Waals surface area contributed by atoms with E-state index in [1.165, 1.54) is 11.3 Å². The average molecular weight is 762 g/mol. The molecule has 3 N–H and O–H groups in total. The SMILES string of the molecule is [C-]#[N+]COc1cc(S(=O)(=O)NC(C)=O)c(F)cc1NCC#Cc1sc2c(NC3CCC(N4CC5(CCOCC5)C4)CC3)cccc2c1CC(F)(F)F. The molecule has 0 unspecified atom stereocenters. The summed E-state index contributed by atoms with van der Waals surface area (Å²) in [5.74, 6) is 3.33. The van der Waals surface area contributed by atoms with Gasteiger partial charge in [0, 0.05) is 62.9 Å². The highest BCUT2D eigenvalue weighted by molar-refractivity contribution is 7.90. The Bertz CT molecular complexity index is 2010. The highest BCUT2D eigenvalue weighted by Crippen LogP contribution is 2.44. The van der Waals surface area contributed by atoms with Crippen molar-refractivity contribution in [2.75, 3.05) is 50.2 Å². The van der Waals surface area contributed by atoms with Crippen LogP contribution in [0.2, 0.25) is 0 Å². The first-order valence-corrected chi connectivity index (χ1v) is 19.3. The van der Waals surface area contributed by atoms with Crippen LogP contribution in [-0.2, 0) is 26.0 Å². The van der Waals surface area contributed by atoms with Crippen LogP contribution < -0.4 is 20.1 Å². The lowest BCUT2D eigenvalue weighted by Gasteiger charge is -2.56.